The van der Waals surface area contributed by atoms with Gasteiger partial charge in [0.15, 0.2) is 5.01 Å². The lowest BCUT2D eigenvalue weighted by Crippen LogP contribution is -2.00. The third-order valence-electron chi connectivity index (χ3n) is 1.83. The van der Waals surface area contributed by atoms with Crippen LogP contribution in [-0.4, -0.2) is 15.8 Å². The molecule has 2 heterocycles. The molecule has 3 nitrogen and oxygen atoms in total. The first-order valence-electron chi connectivity index (χ1n) is 3.87. The van der Waals surface area contributed by atoms with E-state index in [2.05, 4.69) is 9.97 Å². The average Bonchev–Trinajstić information content (AvgIpc) is 2.72. The van der Waals surface area contributed by atoms with Crippen LogP contribution in [0.4, 0.5) is 0 Å². The van der Waals surface area contributed by atoms with Gasteiger partial charge in [-0.25, -0.2) is 4.98 Å². The van der Waals surface area contributed by atoms with E-state index in [0.717, 1.165) is 5.69 Å². The number of nitrogens with zero attached hydrogens (tertiary/aromatic N) is 1. The van der Waals surface area contributed by atoms with Crippen molar-refractivity contribution < 1.29 is 4.79 Å². The molecule has 0 bridgehead atoms. The smallest absolute Gasteiger partial charge is 0.223 e. The molecule has 0 saturated heterocycles. The van der Waals surface area contributed by atoms with Gasteiger partial charge in [-0.05, 0) is 13.0 Å². The van der Waals surface area contributed by atoms with Crippen molar-refractivity contribution in [2.24, 2.45) is 0 Å². The van der Waals surface area contributed by atoms with Gasteiger partial charge in [-0.2, -0.15) is 0 Å². The molecule has 4 heteroatoms. The summed E-state index contributed by atoms with van der Waals surface area (Å²) in [7, 11) is 0. The normalized spacial score (nSPS) is 10.2. The van der Waals surface area contributed by atoms with Crippen LogP contribution in [0, 0.1) is 6.92 Å². The molecule has 0 aromatic carbocycles. The Hall–Kier alpha value is -1.42. The number of ketones is 1. The lowest BCUT2D eigenvalue weighted by atomic mass is 10.2. The summed E-state index contributed by atoms with van der Waals surface area (Å²) in [4.78, 5) is 18.7. The van der Waals surface area contributed by atoms with Gasteiger partial charge in [-0.1, -0.05) is 0 Å². The van der Waals surface area contributed by atoms with Crippen molar-refractivity contribution in [3.8, 4) is 0 Å². The summed E-state index contributed by atoms with van der Waals surface area (Å²) in [5, 5.41) is 2.34. The number of aryl methyl sites for hydroxylation is 1. The maximum Gasteiger partial charge on any atom is 0.223 e. The number of hydrogen-bond acceptors (Lipinski definition) is 3. The minimum Gasteiger partial charge on any atom is -0.365 e. The number of thiazole rings is 1. The lowest BCUT2D eigenvalue weighted by molar-refractivity contribution is 0.103. The second-order valence-corrected chi connectivity index (χ2v) is 3.58. The Morgan fingerprint density at radius 1 is 1.62 bits per heavy atom. The predicted molar refractivity (Wildman–Crippen MR) is 51.1 cm³/mol. The standard InChI is InChI=1S/C9H8N2OS/c1-6-7(2-3-10-6)8(12)9-11-4-5-13-9/h2-5,10H,1H3. The van der Waals surface area contributed by atoms with Crippen LogP contribution in [0.25, 0.3) is 0 Å². The summed E-state index contributed by atoms with van der Waals surface area (Å²) < 4.78 is 0. The summed E-state index contributed by atoms with van der Waals surface area (Å²) in [6.07, 6.45) is 3.40. The van der Waals surface area contributed by atoms with Crippen molar-refractivity contribution in [2.75, 3.05) is 0 Å². The fourth-order valence-corrected chi connectivity index (χ4v) is 1.74. The largest absolute Gasteiger partial charge is 0.365 e. The number of H-pyrrole nitrogens is 1. The summed E-state index contributed by atoms with van der Waals surface area (Å²) >= 11 is 1.36. The second kappa shape index (κ2) is 3.14. The molecule has 13 heavy (non-hydrogen) atoms. The van der Waals surface area contributed by atoms with Crippen LogP contribution in [0.5, 0.6) is 0 Å². The SMILES string of the molecule is Cc1[nH]ccc1C(=O)c1nccs1. The zero-order chi connectivity index (χ0) is 9.26. The van der Waals surface area contributed by atoms with E-state index < -0.39 is 0 Å². The van der Waals surface area contributed by atoms with E-state index in [1.165, 1.54) is 11.3 Å². The number of carbonyl (C=O) groups is 1. The van der Waals surface area contributed by atoms with Crippen molar-refractivity contribution in [2.45, 2.75) is 6.92 Å². The van der Waals surface area contributed by atoms with Crippen LogP contribution in [0.3, 0.4) is 0 Å². The van der Waals surface area contributed by atoms with E-state index in [9.17, 15) is 4.79 Å². The Balaban J connectivity index is 2.39. The molecule has 0 radical (unpaired) electrons. The Morgan fingerprint density at radius 2 is 2.46 bits per heavy atom. The minimum absolute atomic E-state index is 0.00579. The van der Waals surface area contributed by atoms with Crippen molar-refractivity contribution in [1.29, 1.82) is 0 Å². The first kappa shape index (κ1) is 8.19. The minimum atomic E-state index is -0.00579. The first-order valence-corrected chi connectivity index (χ1v) is 4.75. The van der Waals surface area contributed by atoms with Gasteiger partial charge < -0.3 is 4.98 Å². The monoisotopic (exact) mass is 192 g/mol. The first-order chi connectivity index (χ1) is 6.29. The van der Waals surface area contributed by atoms with E-state index in [0.29, 0.717) is 10.6 Å². The molecule has 0 aliphatic rings. The summed E-state index contributed by atoms with van der Waals surface area (Å²) in [5.41, 5.74) is 1.59. The zero-order valence-corrected chi connectivity index (χ0v) is 7.89. The summed E-state index contributed by atoms with van der Waals surface area (Å²) in [6.45, 7) is 1.88. The number of aromatic amines is 1. The second-order valence-electron chi connectivity index (χ2n) is 2.68. The molecule has 0 aliphatic heterocycles. The van der Waals surface area contributed by atoms with Crippen LogP contribution < -0.4 is 0 Å². The fraction of sp³-hybridized carbons (Fsp3) is 0.111. The van der Waals surface area contributed by atoms with Crippen molar-refractivity contribution in [1.82, 2.24) is 9.97 Å². The number of hydrogen-bond donors (Lipinski definition) is 1. The third-order valence-corrected chi connectivity index (χ3v) is 2.60. The molecule has 0 aliphatic carbocycles. The van der Waals surface area contributed by atoms with E-state index in [4.69, 9.17) is 0 Å². The van der Waals surface area contributed by atoms with E-state index in [1.54, 1.807) is 23.8 Å². The van der Waals surface area contributed by atoms with Gasteiger partial charge in [-0.3, -0.25) is 4.79 Å². The molecule has 1 N–H and O–H groups in total. The Labute approximate surface area is 79.4 Å². The Morgan fingerprint density at radius 3 is 3.00 bits per heavy atom. The Kier molecular flexibility index (Phi) is 1.98. The third kappa shape index (κ3) is 1.40. The van der Waals surface area contributed by atoms with Crippen LogP contribution in [0.1, 0.15) is 21.1 Å². The predicted octanol–water partition coefficient (Wildman–Crippen LogP) is 2.01. The highest BCUT2D eigenvalue weighted by atomic mass is 32.1. The van der Waals surface area contributed by atoms with E-state index in [1.807, 2.05) is 6.92 Å². The van der Waals surface area contributed by atoms with E-state index >= 15 is 0 Å². The number of aromatic nitrogens is 2. The van der Waals surface area contributed by atoms with Crippen molar-refractivity contribution in [3.05, 3.63) is 40.1 Å². The van der Waals surface area contributed by atoms with Crippen LogP contribution in [0.15, 0.2) is 23.8 Å². The lowest BCUT2D eigenvalue weighted by Gasteiger charge is -1.93. The van der Waals surface area contributed by atoms with Gasteiger partial charge in [0, 0.05) is 29.0 Å². The highest BCUT2D eigenvalue weighted by Crippen LogP contribution is 2.14. The molecule has 0 amide bonds. The van der Waals surface area contributed by atoms with Gasteiger partial charge in [-0.15, -0.1) is 11.3 Å². The molecule has 2 aromatic rings. The van der Waals surface area contributed by atoms with Crippen LogP contribution in [0.2, 0.25) is 0 Å². The average molecular weight is 192 g/mol. The molecule has 0 saturated carbocycles. The summed E-state index contributed by atoms with van der Waals surface area (Å²) in [5.74, 6) is -0.00579. The quantitative estimate of drug-likeness (QED) is 0.740. The molecular weight excluding hydrogens is 184 g/mol. The van der Waals surface area contributed by atoms with E-state index in [-0.39, 0.29) is 5.78 Å². The zero-order valence-electron chi connectivity index (χ0n) is 7.07. The number of carbonyl (C=O) groups excluding carboxylic acids is 1. The fourth-order valence-electron chi connectivity index (χ4n) is 1.15. The summed E-state index contributed by atoms with van der Waals surface area (Å²) in [6, 6.07) is 1.78. The highest BCUT2D eigenvalue weighted by Gasteiger charge is 2.13. The van der Waals surface area contributed by atoms with Crippen molar-refractivity contribution >= 4 is 17.1 Å². The Bertz CT molecular complexity index is 417. The number of nitrogens with one attached hydrogen (secondary N) is 1. The molecule has 2 aromatic heterocycles. The van der Waals surface area contributed by atoms with Crippen molar-refractivity contribution in [3.63, 3.8) is 0 Å². The molecular formula is C9H8N2OS. The molecule has 0 fully saturated rings. The molecule has 66 valence electrons. The van der Waals surface area contributed by atoms with Gasteiger partial charge >= 0.3 is 0 Å². The molecule has 0 atom stereocenters. The van der Waals surface area contributed by atoms with Gasteiger partial charge in [0.2, 0.25) is 5.78 Å². The van der Waals surface area contributed by atoms with Crippen LogP contribution in [-0.2, 0) is 0 Å². The van der Waals surface area contributed by atoms with Gasteiger partial charge in [0.05, 0.1) is 0 Å². The topological polar surface area (TPSA) is 45.8 Å². The number of rotatable bonds is 2. The molecule has 2 rings (SSSR count). The van der Waals surface area contributed by atoms with Gasteiger partial charge in [0.1, 0.15) is 0 Å². The molecule has 0 spiro atoms. The molecule has 0 unspecified atom stereocenters. The van der Waals surface area contributed by atoms with Gasteiger partial charge in [0.25, 0.3) is 0 Å². The van der Waals surface area contributed by atoms with Crippen LogP contribution >= 0.6 is 11.3 Å². The maximum absolute atomic E-state index is 11.7. The maximum atomic E-state index is 11.7. The highest BCUT2D eigenvalue weighted by molar-refractivity contribution is 7.11.